The van der Waals surface area contributed by atoms with Gasteiger partial charge >= 0.3 is 6.03 Å². The van der Waals surface area contributed by atoms with E-state index in [4.69, 9.17) is 4.74 Å². The van der Waals surface area contributed by atoms with Crippen LogP contribution < -0.4 is 19.9 Å². The van der Waals surface area contributed by atoms with E-state index in [1.165, 1.54) is 6.08 Å². The normalized spacial score (nSPS) is 18.4. The van der Waals surface area contributed by atoms with Crippen LogP contribution in [-0.2, 0) is 16.0 Å². The van der Waals surface area contributed by atoms with Crippen LogP contribution in [0.2, 0.25) is 0 Å². The van der Waals surface area contributed by atoms with Crippen molar-refractivity contribution in [2.45, 2.75) is 46.6 Å². The minimum Gasteiger partial charge on any atom is -0.496 e. The van der Waals surface area contributed by atoms with Gasteiger partial charge in [-0.1, -0.05) is 25.1 Å². The fraction of sp³-hybridized carbons (Fsp3) is 0.321. The first-order valence-electron chi connectivity index (χ1n) is 11.8. The van der Waals surface area contributed by atoms with Crippen molar-refractivity contribution in [3.05, 3.63) is 64.7 Å². The molecule has 182 valence electrons. The average Bonchev–Trinajstić information content (AvgIpc) is 2.81. The first kappa shape index (κ1) is 24.3. The molecule has 0 atom stereocenters. The molecule has 0 bridgehead atoms. The van der Waals surface area contributed by atoms with Crippen molar-refractivity contribution in [2.75, 3.05) is 23.5 Å². The number of benzene rings is 2. The quantitative estimate of drug-likeness (QED) is 0.491. The number of urea groups is 1. The van der Waals surface area contributed by atoms with Crippen LogP contribution in [0.3, 0.4) is 0 Å². The summed E-state index contributed by atoms with van der Waals surface area (Å²) in [5.41, 5.74) is 4.91. The Morgan fingerprint density at radius 3 is 2.34 bits per heavy atom. The predicted molar refractivity (Wildman–Crippen MR) is 139 cm³/mol. The molecule has 1 fully saturated rings. The number of hydrogen-bond donors (Lipinski definition) is 1. The van der Waals surface area contributed by atoms with Gasteiger partial charge in [0.15, 0.2) is 0 Å². The number of methoxy groups -OCH3 is 1. The maximum absolute atomic E-state index is 13.4. The lowest BCUT2D eigenvalue weighted by molar-refractivity contribution is -0.122. The lowest BCUT2D eigenvalue weighted by Crippen LogP contribution is -2.54. The topological polar surface area (TPSA) is 79.0 Å². The number of imide groups is 2. The van der Waals surface area contributed by atoms with Gasteiger partial charge in [0.05, 0.1) is 18.3 Å². The Morgan fingerprint density at radius 1 is 1.06 bits per heavy atom. The van der Waals surface area contributed by atoms with E-state index in [0.717, 1.165) is 40.3 Å². The van der Waals surface area contributed by atoms with Crippen molar-refractivity contribution >= 4 is 40.9 Å². The molecule has 0 aliphatic carbocycles. The van der Waals surface area contributed by atoms with Gasteiger partial charge in [-0.3, -0.25) is 14.9 Å². The summed E-state index contributed by atoms with van der Waals surface area (Å²) in [7, 11) is 1.56. The molecule has 4 rings (SSSR count). The number of nitrogens with one attached hydrogen (secondary N) is 1. The van der Waals surface area contributed by atoms with E-state index in [0.29, 0.717) is 17.0 Å². The van der Waals surface area contributed by atoms with Gasteiger partial charge in [0, 0.05) is 29.4 Å². The number of nitrogens with zero attached hydrogens (tertiary/aromatic N) is 2. The molecule has 0 spiro atoms. The monoisotopic (exact) mass is 473 g/mol. The highest BCUT2D eigenvalue weighted by molar-refractivity contribution is 6.39. The summed E-state index contributed by atoms with van der Waals surface area (Å²) in [6, 6.07) is 10.2. The van der Waals surface area contributed by atoms with Crippen LogP contribution in [0.25, 0.3) is 11.6 Å². The zero-order valence-corrected chi connectivity index (χ0v) is 21.1. The number of anilines is 2. The second kappa shape index (κ2) is 9.06. The largest absolute Gasteiger partial charge is 0.496 e. The highest BCUT2D eigenvalue weighted by Crippen LogP contribution is 2.42. The van der Waals surface area contributed by atoms with Gasteiger partial charge in [-0.25, -0.2) is 9.69 Å². The zero-order chi connectivity index (χ0) is 25.5. The Kier molecular flexibility index (Phi) is 6.28. The summed E-state index contributed by atoms with van der Waals surface area (Å²) in [6.07, 6.45) is 4.55. The molecule has 7 nitrogen and oxygen atoms in total. The number of barbiturate groups is 1. The second-order valence-corrected chi connectivity index (χ2v) is 9.31. The molecular weight excluding hydrogens is 442 g/mol. The van der Waals surface area contributed by atoms with Crippen LogP contribution in [0.4, 0.5) is 16.2 Å². The molecule has 2 aliphatic rings. The van der Waals surface area contributed by atoms with Gasteiger partial charge in [-0.2, -0.15) is 0 Å². The van der Waals surface area contributed by atoms with Gasteiger partial charge in [0.1, 0.15) is 11.3 Å². The highest BCUT2D eigenvalue weighted by atomic mass is 16.5. The molecule has 1 N–H and O–H groups in total. The lowest BCUT2D eigenvalue weighted by atomic mass is 9.87. The zero-order valence-electron chi connectivity index (χ0n) is 21.1. The van der Waals surface area contributed by atoms with E-state index < -0.39 is 17.8 Å². The van der Waals surface area contributed by atoms with E-state index >= 15 is 0 Å². The summed E-state index contributed by atoms with van der Waals surface area (Å²) < 4.78 is 5.66. The van der Waals surface area contributed by atoms with Crippen LogP contribution in [0.5, 0.6) is 5.75 Å². The first-order valence-corrected chi connectivity index (χ1v) is 11.8. The highest BCUT2D eigenvalue weighted by Gasteiger charge is 2.37. The van der Waals surface area contributed by atoms with Crippen molar-refractivity contribution < 1.29 is 19.1 Å². The summed E-state index contributed by atoms with van der Waals surface area (Å²) in [5, 5.41) is 2.29. The van der Waals surface area contributed by atoms with Gasteiger partial charge in [0.2, 0.25) is 0 Å². The van der Waals surface area contributed by atoms with E-state index in [2.05, 4.69) is 44.0 Å². The molecule has 4 amide bonds. The number of amides is 4. The van der Waals surface area contributed by atoms with E-state index in [1.54, 1.807) is 19.2 Å². The molecule has 2 heterocycles. The number of ether oxygens (including phenoxy) is 1. The number of carbonyl (C=O) groups excluding carboxylic acids is 3. The third-order valence-corrected chi connectivity index (χ3v) is 6.65. The first-order chi connectivity index (χ1) is 16.6. The standard InChI is InChI=1S/C28H31N3O4/c1-7-18-9-11-20(12-10-18)31-26(33)22(25(32)29-27(31)34)14-19-13-21-17(3)16-28(4,5)30(8-2)23(21)15-24(19)35-6/h9-16H,7-8H2,1-6H3,(H,29,32,34)/b22-14-. The maximum atomic E-state index is 13.4. The van der Waals surface area contributed by atoms with Crippen molar-refractivity contribution in [3.63, 3.8) is 0 Å². The van der Waals surface area contributed by atoms with Crippen LogP contribution in [0, 0.1) is 0 Å². The van der Waals surface area contributed by atoms with E-state index in [-0.39, 0.29) is 11.1 Å². The number of aryl methyl sites for hydroxylation is 1. The molecule has 35 heavy (non-hydrogen) atoms. The third kappa shape index (κ3) is 4.22. The number of likely N-dealkylation sites (N-methyl/N-ethyl adjacent to an activating group) is 1. The van der Waals surface area contributed by atoms with E-state index in [9.17, 15) is 14.4 Å². The van der Waals surface area contributed by atoms with Crippen LogP contribution >= 0.6 is 0 Å². The molecule has 7 heteroatoms. The molecular formula is C28H31N3O4. The lowest BCUT2D eigenvalue weighted by Gasteiger charge is -2.43. The Balaban J connectivity index is 1.80. The summed E-state index contributed by atoms with van der Waals surface area (Å²) >= 11 is 0. The third-order valence-electron chi connectivity index (χ3n) is 6.65. The van der Waals surface area contributed by atoms with Crippen LogP contribution in [0.1, 0.15) is 51.3 Å². The molecule has 2 aromatic rings. The molecule has 0 aromatic heterocycles. The molecule has 1 saturated heterocycles. The molecule has 0 radical (unpaired) electrons. The molecule has 2 aliphatic heterocycles. The minimum atomic E-state index is -0.765. The average molecular weight is 474 g/mol. The minimum absolute atomic E-state index is 0.132. The number of hydrogen-bond acceptors (Lipinski definition) is 5. The van der Waals surface area contributed by atoms with E-state index in [1.807, 2.05) is 31.2 Å². The molecule has 0 saturated carbocycles. The predicted octanol–water partition coefficient (Wildman–Crippen LogP) is 4.95. The Hall–Kier alpha value is -3.87. The van der Waals surface area contributed by atoms with Crippen molar-refractivity contribution in [2.24, 2.45) is 0 Å². The molecule has 0 unspecified atom stereocenters. The fourth-order valence-electron chi connectivity index (χ4n) is 4.92. The second-order valence-electron chi connectivity index (χ2n) is 9.31. The molecule has 2 aromatic carbocycles. The van der Waals surface area contributed by atoms with Gasteiger partial charge in [0.25, 0.3) is 11.8 Å². The van der Waals surface area contributed by atoms with Crippen molar-refractivity contribution in [1.29, 1.82) is 0 Å². The van der Waals surface area contributed by atoms with Crippen LogP contribution in [0.15, 0.2) is 48.0 Å². The Bertz CT molecular complexity index is 1270. The van der Waals surface area contributed by atoms with Crippen molar-refractivity contribution in [3.8, 4) is 5.75 Å². The number of rotatable bonds is 5. The SMILES string of the molecule is CCc1ccc(N2C(=O)NC(=O)/C(=C/c3cc4c(cc3OC)N(CC)C(C)(C)C=C4C)C2=O)cc1. The maximum Gasteiger partial charge on any atom is 0.335 e. The van der Waals surface area contributed by atoms with Gasteiger partial charge < -0.3 is 9.64 Å². The Morgan fingerprint density at radius 2 is 1.74 bits per heavy atom. The summed E-state index contributed by atoms with van der Waals surface area (Å²) in [4.78, 5) is 41.9. The van der Waals surface area contributed by atoms with Gasteiger partial charge in [-0.05, 0) is 69.5 Å². The fourth-order valence-corrected chi connectivity index (χ4v) is 4.92. The van der Waals surface area contributed by atoms with Crippen LogP contribution in [-0.4, -0.2) is 37.0 Å². The smallest absolute Gasteiger partial charge is 0.335 e. The summed E-state index contributed by atoms with van der Waals surface area (Å²) in [6.45, 7) is 11.3. The summed E-state index contributed by atoms with van der Waals surface area (Å²) in [5.74, 6) is -0.868. The number of allylic oxidation sites excluding steroid dienone is 1. The van der Waals surface area contributed by atoms with Crippen molar-refractivity contribution in [1.82, 2.24) is 5.32 Å². The number of carbonyl (C=O) groups is 3. The number of fused-ring (bicyclic) bond motifs is 1. The van der Waals surface area contributed by atoms with Gasteiger partial charge in [-0.15, -0.1) is 0 Å². The Labute approximate surface area is 206 Å².